The summed E-state index contributed by atoms with van der Waals surface area (Å²) >= 11 is 0. The summed E-state index contributed by atoms with van der Waals surface area (Å²) in [5.74, 6) is 0.145. The Morgan fingerprint density at radius 2 is 1.59 bits per heavy atom. The van der Waals surface area contributed by atoms with Crippen molar-refractivity contribution in [2.45, 2.75) is 113 Å². The zero-order valence-corrected chi connectivity index (χ0v) is 26.3. The third-order valence-electron chi connectivity index (χ3n) is 13.9. The normalized spacial score (nSPS) is 47.8. The predicted molar refractivity (Wildman–Crippen MR) is 157 cm³/mol. The Morgan fingerprint density at radius 3 is 2.20 bits per heavy atom. The van der Waals surface area contributed by atoms with Crippen LogP contribution in [0.25, 0.3) is 0 Å². The van der Waals surface area contributed by atoms with Gasteiger partial charge in [-0.25, -0.2) is 4.79 Å². The van der Waals surface area contributed by atoms with Gasteiger partial charge in [0.05, 0.1) is 11.1 Å². The Hall–Kier alpha value is -2.18. The summed E-state index contributed by atoms with van der Waals surface area (Å²) in [6.45, 7) is 19.1. The van der Waals surface area contributed by atoms with Gasteiger partial charge in [-0.3, -0.25) is 9.59 Å². The van der Waals surface area contributed by atoms with Crippen molar-refractivity contribution in [3.05, 3.63) is 12.2 Å². The van der Waals surface area contributed by atoms with E-state index >= 15 is 0 Å². The number of hydrogen-bond donors (Lipinski definition) is 1. The fraction of sp³-hybridized carbons (Fsp3) is 0.824. The summed E-state index contributed by atoms with van der Waals surface area (Å²) in [7, 11) is 0. The molecule has 10 atom stereocenters. The van der Waals surface area contributed by atoms with Crippen LogP contribution in [0.5, 0.6) is 0 Å². The van der Waals surface area contributed by atoms with Crippen molar-refractivity contribution in [3.8, 4) is 0 Å². The van der Waals surface area contributed by atoms with Gasteiger partial charge in [0.1, 0.15) is 6.61 Å². The van der Waals surface area contributed by atoms with Crippen molar-refractivity contribution < 1.29 is 29.1 Å². The number of carboxylic acid groups (broad SMARTS) is 1. The van der Waals surface area contributed by atoms with Crippen LogP contribution in [0, 0.1) is 56.7 Å². The standard InChI is InChI=1S/C34H51NO6/c1-20(2)23-11-16-34(29(38)39)18-17-32(7)24(28(23)34)9-10-26-30(5)14-13-27(35-41-22(4)37)31(6,19-40-21(3)36)25(30)12-15-33(26,32)8/h23-26,28H,1,9-19H2,2-8H3,(H,38,39)/b35-27-/t23-,24+,25+,26+,28+,30-,31?,32+,33+,34-/m0/s1. The lowest BCUT2D eigenvalue weighted by Crippen LogP contribution is -2.67. The van der Waals surface area contributed by atoms with E-state index in [1.165, 1.54) is 13.8 Å². The second kappa shape index (κ2) is 9.94. The van der Waals surface area contributed by atoms with Crippen molar-refractivity contribution >= 4 is 23.6 Å². The first kappa shape index (κ1) is 30.3. The van der Waals surface area contributed by atoms with Gasteiger partial charge in [0.15, 0.2) is 0 Å². The highest BCUT2D eigenvalue weighted by Gasteiger charge is 2.72. The lowest BCUT2D eigenvalue weighted by molar-refractivity contribution is -0.233. The molecule has 0 saturated heterocycles. The first-order valence-corrected chi connectivity index (χ1v) is 15.8. The van der Waals surface area contributed by atoms with E-state index in [2.05, 4.69) is 46.4 Å². The van der Waals surface area contributed by atoms with Gasteiger partial charge in [0.2, 0.25) is 0 Å². The first-order valence-electron chi connectivity index (χ1n) is 15.8. The van der Waals surface area contributed by atoms with Gasteiger partial charge in [-0.1, -0.05) is 45.0 Å². The van der Waals surface area contributed by atoms with Crippen LogP contribution in [0.4, 0.5) is 0 Å². The Balaban J connectivity index is 1.53. The molecule has 1 unspecified atom stereocenters. The van der Waals surface area contributed by atoms with Crippen LogP contribution in [-0.2, 0) is 24.0 Å². The van der Waals surface area contributed by atoms with E-state index < -0.39 is 22.8 Å². The Morgan fingerprint density at radius 1 is 0.878 bits per heavy atom. The fourth-order valence-electron chi connectivity index (χ4n) is 11.9. The molecule has 0 aromatic rings. The molecule has 5 aliphatic rings. The largest absolute Gasteiger partial charge is 0.481 e. The smallest absolute Gasteiger partial charge is 0.331 e. The maximum absolute atomic E-state index is 12.9. The summed E-state index contributed by atoms with van der Waals surface area (Å²) in [4.78, 5) is 41.7. The molecule has 0 bridgehead atoms. The number of carbonyl (C=O) groups excluding carboxylic acids is 2. The summed E-state index contributed by atoms with van der Waals surface area (Å²) in [5.41, 5.74) is 0.945. The molecule has 0 aromatic heterocycles. The second-order valence-corrected chi connectivity index (χ2v) is 15.5. The zero-order chi connectivity index (χ0) is 30.2. The number of ether oxygens (including phenoxy) is 1. The molecule has 228 valence electrons. The highest BCUT2D eigenvalue weighted by Crippen LogP contribution is 2.77. The molecule has 5 aliphatic carbocycles. The molecule has 5 fully saturated rings. The molecular formula is C34H51NO6. The van der Waals surface area contributed by atoms with Gasteiger partial charge in [-0.15, -0.1) is 0 Å². The Labute approximate surface area is 245 Å². The first-order chi connectivity index (χ1) is 19.1. The summed E-state index contributed by atoms with van der Waals surface area (Å²) in [5, 5.41) is 14.9. The third kappa shape index (κ3) is 4.17. The Kier molecular flexibility index (Phi) is 7.34. The molecule has 0 amide bonds. The number of rotatable bonds is 5. The maximum atomic E-state index is 12.9. The van der Waals surface area contributed by atoms with Gasteiger partial charge >= 0.3 is 17.9 Å². The van der Waals surface area contributed by atoms with E-state index in [0.717, 1.165) is 69.1 Å². The maximum Gasteiger partial charge on any atom is 0.331 e. The molecular weight excluding hydrogens is 518 g/mol. The zero-order valence-electron chi connectivity index (χ0n) is 26.3. The van der Waals surface area contributed by atoms with E-state index in [1.807, 2.05) is 0 Å². The minimum atomic E-state index is -0.617. The van der Waals surface area contributed by atoms with Crippen LogP contribution in [0.1, 0.15) is 113 Å². The van der Waals surface area contributed by atoms with Crippen molar-refractivity contribution in [3.63, 3.8) is 0 Å². The van der Waals surface area contributed by atoms with Crippen LogP contribution in [0.3, 0.4) is 0 Å². The lowest BCUT2D eigenvalue weighted by Gasteiger charge is -2.72. The number of fused-ring (bicyclic) bond motifs is 7. The fourth-order valence-corrected chi connectivity index (χ4v) is 11.9. The topological polar surface area (TPSA) is 102 Å². The minimum Gasteiger partial charge on any atom is -0.481 e. The van der Waals surface area contributed by atoms with E-state index in [9.17, 15) is 19.5 Å². The van der Waals surface area contributed by atoms with Crippen molar-refractivity contribution in [1.29, 1.82) is 0 Å². The molecule has 41 heavy (non-hydrogen) atoms. The highest BCUT2D eigenvalue weighted by molar-refractivity contribution is 5.91. The number of carboxylic acids is 1. The molecule has 5 saturated carbocycles. The van der Waals surface area contributed by atoms with E-state index in [0.29, 0.717) is 18.3 Å². The molecule has 5 rings (SSSR count). The number of allylic oxidation sites excluding steroid dienone is 1. The molecule has 0 radical (unpaired) electrons. The number of hydrogen-bond acceptors (Lipinski definition) is 6. The van der Waals surface area contributed by atoms with E-state index in [1.54, 1.807) is 0 Å². The van der Waals surface area contributed by atoms with Crippen LogP contribution in [-0.4, -0.2) is 35.3 Å². The summed E-state index contributed by atoms with van der Waals surface area (Å²) in [6, 6.07) is 0. The van der Waals surface area contributed by atoms with Gasteiger partial charge < -0.3 is 14.7 Å². The van der Waals surface area contributed by atoms with Crippen molar-refractivity contribution in [2.24, 2.45) is 61.8 Å². The average Bonchev–Trinajstić information content (AvgIpc) is 3.29. The second-order valence-electron chi connectivity index (χ2n) is 15.5. The molecule has 7 heteroatoms. The minimum absolute atomic E-state index is 0.00408. The van der Waals surface area contributed by atoms with Crippen molar-refractivity contribution in [1.82, 2.24) is 0 Å². The molecule has 0 spiro atoms. The number of nitrogens with zero attached hydrogens (tertiary/aromatic N) is 1. The average molecular weight is 570 g/mol. The molecule has 0 aromatic carbocycles. The van der Waals surface area contributed by atoms with Crippen LogP contribution < -0.4 is 0 Å². The third-order valence-corrected chi connectivity index (χ3v) is 13.9. The molecule has 0 aliphatic heterocycles. The van der Waals surface area contributed by atoms with Crippen LogP contribution >= 0.6 is 0 Å². The van der Waals surface area contributed by atoms with Crippen molar-refractivity contribution in [2.75, 3.05) is 6.61 Å². The van der Waals surface area contributed by atoms with Gasteiger partial charge in [-0.2, -0.15) is 0 Å². The SMILES string of the molecule is C=C(C)[C@@H]1CC[C@]2(C(=O)O)CC[C@]3(C)[C@H](CC[C@@H]4[C@@]5(C)CC/C(=N/OC(C)=O)C(C)(COC(C)=O)[C@@H]5CC[C@]43C)[C@@H]12. The quantitative estimate of drug-likeness (QED) is 0.163. The number of oxime groups is 1. The number of esters is 1. The Bertz CT molecular complexity index is 1180. The number of carbonyl (C=O) groups is 3. The number of aliphatic carboxylic acids is 1. The highest BCUT2D eigenvalue weighted by atomic mass is 16.7. The van der Waals surface area contributed by atoms with E-state index in [4.69, 9.17) is 9.57 Å². The van der Waals surface area contributed by atoms with E-state index in [-0.39, 0.29) is 46.6 Å². The van der Waals surface area contributed by atoms with Gasteiger partial charge in [0, 0.05) is 19.3 Å². The summed E-state index contributed by atoms with van der Waals surface area (Å²) in [6.07, 6.45) is 9.24. The van der Waals surface area contributed by atoms with Gasteiger partial charge in [-0.05, 0) is 117 Å². The molecule has 1 N–H and O–H groups in total. The lowest BCUT2D eigenvalue weighted by atomic mass is 9.32. The summed E-state index contributed by atoms with van der Waals surface area (Å²) < 4.78 is 5.67. The predicted octanol–water partition coefficient (Wildman–Crippen LogP) is 7.19. The monoisotopic (exact) mass is 569 g/mol. The molecule has 0 heterocycles. The van der Waals surface area contributed by atoms with Crippen LogP contribution in [0.15, 0.2) is 17.3 Å². The van der Waals surface area contributed by atoms with Gasteiger partial charge in [0.25, 0.3) is 0 Å². The molecule has 7 nitrogen and oxygen atoms in total. The van der Waals surface area contributed by atoms with Crippen LogP contribution in [0.2, 0.25) is 0 Å².